The molecule has 32 heavy (non-hydrogen) atoms. The Balaban J connectivity index is 1.23. The molecule has 0 unspecified atom stereocenters. The van der Waals surface area contributed by atoms with Crippen LogP contribution in [0.15, 0.2) is 53.1 Å². The highest BCUT2D eigenvalue weighted by atomic mass is 35.5. The molecule has 4 rings (SSSR count). The molecule has 0 atom stereocenters. The van der Waals surface area contributed by atoms with Crippen LogP contribution in [0.2, 0.25) is 5.02 Å². The van der Waals surface area contributed by atoms with Crippen molar-refractivity contribution in [2.75, 3.05) is 32.8 Å². The number of carbonyl (C=O) groups excluding carboxylic acids is 2. The minimum Gasteiger partial charge on any atom is -0.484 e. The number of ether oxygens (including phenoxy) is 1. The maximum absolute atomic E-state index is 12.5. The number of piperazine rings is 1. The molecule has 1 aliphatic rings. The first-order valence-electron chi connectivity index (χ1n) is 10.1. The molecule has 0 saturated carbocycles. The van der Waals surface area contributed by atoms with Crippen LogP contribution in [-0.4, -0.2) is 64.5 Å². The Morgan fingerprint density at radius 2 is 1.72 bits per heavy atom. The molecule has 2 heterocycles. The van der Waals surface area contributed by atoms with E-state index in [1.807, 2.05) is 12.1 Å². The standard InChI is InChI=1S/C22H22ClN5O4/c23-17-5-1-16(2-6-17)22-25-19(32-26-22)13-27-9-11-28(12-10-27)20(29)14-31-18-7-3-15(4-8-18)21(24)30/h1-8H,9-14H2,(H2,24,30). The molecule has 0 radical (unpaired) electrons. The second kappa shape index (κ2) is 9.80. The number of hydrogen-bond donors (Lipinski definition) is 1. The maximum atomic E-state index is 12.5. The Hall–Kier alpha value is -3.43. The second-order valence-corrected chi connectivity index (χ2v) is 7.79. The summed E-state index contributed by atoms with van der Waals surface area (Å²) < 4.78 is 10.9. The Morgan fingerprint density at radius 1 is 1.03 bits per heavy atom. The van der Waals surface area contributed by atoms with Crippen molar-refractivity contribution < 1.29 is 18.8 Å². The van der Waals surface area contributed by atoms with Crippen LogP contribution >= 0.6 is 11.6 Å². The summed E-state index contributed by atoms with van der Waals surface area (Å²) in [5, 5.41) is 4.68. The van der Waals surface area contributed by atoms with E-state index in [-0.39, 0.29) is 12.5 Å². The van der Waals surface area contributed by atoms with Gasteiger partial charge in [-0.2, -0.15) is 4.98 Å². The van der Waals surface area contributed by atoms with E-state index in [0.29, 0.717) is 60.8 Å². The lowest BCUT2D eigenvalue weighted by Crippen LogP contribution is -2.49. The van der Waals surface area contributed by atoms with Crippen LogP contribution in [-0.2, 0) is 11.3 Å². The van der Waals surface area contributed by atoms with Crippen molar-refractivity contribution in [1.82, 2.24) is 19.9 Å². The minimum atomic E-state index is -0.507. The molecule has 0 aliphatic carbocycles. The molecular formula is C22H22ClN5O4. The molecule has 9 nitrogen and oxygen atoms in total. The highest BCUT2D eigenvalue weighted by molar-refractivity contribution is 6.30. The van der Waals surface area contributed by atoms with Crippen LogP contribution in [0.4, 0.5) is 0 Å². The zero-order valence-electron chi connectivity index (χ0n) is 17.2. The van der Waals surface area contributed by atoms with Crippen molar-refractivity contribution in [2.45, 2.75) is 6.54 Å². The first kappa shape index (κ1) is 21.8. The van der Waals surface area contributed by atoms with Crippen molar-refractivity contribution in [2.24, 2.45) is 5.73 Å². The highest BCUT2D eigenvalue weighted by Crippen LogP contribution is 2.19. The van der Waals surface area contributed by atoms with Gasteiger partial charge in [-0.1, -0.05) is 16.8 Å². The van der Waals surface area contributed by atoms with Gasteiger partial charge in [-0.15, -0.1) is 0 Å². The highest BCUT2D eigenvalue weighted by Gasteiger charge is 2.23. The molecule has 0 spiro atoms. The minimum absolute atomic E-state index is 0.0654. The molecule has 1 aliphatic heterocycles. The third-order valence-electron chi connectivity index (χ3n) is 5.16. The van der Waals surface area contributed by atoms with Gasteiger partial charge in [0.1, 0.15) is 5.75 Å². The Morgan fingerprint density at radius 3 is 2.38 bits per heavy atom. The largest absolute Gasteiger partial charge is 0.484 e. The predicted molar refractivity (Wildman–Crippen MR) is 117 cm³/mol. The van der Waals surface area contributed by atoms with Crippen LogP contribution in [0, 0.1) is 0 Å². The zero-order chi connectivity index (χ0) is 22.5. The molecule has 2 N–H and O–H groups in total. The molecular weight excluding hydrogens is 434 g/mol. The van der Waals surface area contributed by atoms with E-state index in [2.05, 4.69) is 15.0 Å². The quantitative estimate of drug-likeness (QED) is 0.580. The lowest BCUT2D eigenvalue weighted by molar-refractivity contribution is -0.135. The first-order valence-corrected chi connectivity index (χ1v) is 10.5. The van der Waals surface area contributed by atoms with Crippen LogP contribution in [0.1, 0.15) is 16.2 Å². The molecule has 1 aromatic heterocycles. The number of rotatable bonds is 7. The van der Waals surface area contributed by atoms with Gasteiger partial charge in [-0.05, 0) is 48.5 Å². The average molecular weight is 456 g/mol. The Kier molecular flexibility index (Phi) is 6.67. The summed E-state index contributed by atoms with van der Waals surface area (Å²) >= 11 is 5.91. The maximum Gasteiger partial charge on any atom is 0.260 e. The van der Waals surface area contributed by atoms with Crippen LogP contribution in [0.25, 0.3) is 11.4 Å². The third kappa shape index (κ3) is 5.43. The molecule has 166 valence electrons. The normalized spacial score (nSPS) is 14.3. The summed E-state index contributed by atoms with van der Waals surface area (Å²) in [4.78, 5) is 31.9. The van der Waals surface area contributed by atoms with E-state index >= 15 is 0 Å². The van der Waals surface area contributed by atoms with Crippen LogP contribution in [0.3, 0.4) is 0 Å². The predicted octanol–water partition coefficient (Wildman–Crippen LogP) is 2.21. The Labute approximate surface area is 189 Å². The van der Waals surface area contributed by atoms with Crippen molar-refractivity contribution in [3.05, 3.63) is 65.0 Å². The first-order chi connectivity index (χ1) is 15.5. The van der Waals surface area contributed by atoms with Crippen molar-refractivity contribution in [1.29, 1.82) is 0 Å². The summed E-state index contributed by atoms with van der Waals surface area (Å²) in [6.07, 6.45) is 0. The lowest BCUT2D eigenvalue weighted by Gasteiger charge is -2.33. The number of carbonyl (C=O) groups is 2. The van der Waals surface area contributed by atoms with E-state index in [4.69, 9.17) is 26.6 Å². The fourth-order valence-corrected chi connectivity index (χ4v) is 3.46. The number of nitrogens with zero attached hydrogens (tertiary/aromatic N) is 4. The number of aromatic nitrogens is 2. The van der Waals surface area contributed by atoms with Gasteiger partial charge < -0.3 is 19.9 Å². The van der Waals surface area contributed by atoms with E-state index in [1.165, 1.54) is 0 Å². The van der Waals surface area contributed by atoms with Gasteiger partial charge in [0.25, 0.3) is 5.91 Å². The molecule has 1 saturated heterocycles. The van der Waals surface area contributed by atoms with E-state index in [0.717, 1.165) is 5.56 Å². The molecule has 0 bridgehead atoms. The summed E-state index contributed by atoms with van der Waals surface area (Å²) in [6, 6.07) is 13.6. The zero-order valence-corrected chi connectivity index (χ0v) is 18.0. The van der Waals surface area contributed by atoms with E-state index in [1.54, 1.807) is 41.3 Å². The summed E-state index contributed by atoms with van der Waals surface area (Å²) in [6.45, 7) is 3.01. The average Bonchev–Trinajstić information content (AvgIpc) is 3.27. The van der Waals surface area contributed by atoms with Gasteiger partial charge in [-0.3, -0.25) is 14.5 Å². The number of hydrogen-bond acceptors (Lipinski definition) is 7. The van der Waals surface area contributed by atoms with Gasteiger partial charge in [-0.25, -0.2) is 0 Å². The number of amides is 2. The topological polar surface area (TPSA) is 115 Å². The lowest BCUT2D eigenvalue weighted by atomic mass is 10.2. The van der Waals surface area contributed by atoms with Crippen LogP contribution < -0.4 is 10.5 Å². The summed E-state index contributed by atoms with van der Waals surface area (Å²) in [5.74, 6) is 0.956. The third-order valence-corrected chi connectivity index (χ3v) is 5.41. The Bertz CT molecular complexity index is 1080. The second-order valence-electron chi connectivity index (χ2n) is 7.35. The fourth-order valence-electron chi connectivity index (χ4n) is 3.33. The van der Waals surface area contributed by atoms with Gasteiger partial charge in [0, 0.05) is 42.3 Å². The van der Waals surface area contributed by atoms with Crippen LogP contribution in [0.5, 0.6) is 5.75 Å². The van der Waals surface area contributed by atoms with Crippen molar-refractivity contribution in [3.8, 4) is 17.1 Å². The molecule has 10 heteroatoms. The van der Waals surface area contributed by atoms with Gasteiger partial charge >= 0.3 is 0 Å². The fraction of sp³-hybridized carbons (Fsp3) is 0.273. The monoisotopic (exact) mass is 455 g/mol. The molecule has 2 amide bonds. The van der Waals surface area contributed by atoms with E-state index < -0.39 is 5.91 Å². The molecule has 3 aromatic rings. The van der Waals surface area contributed by atoms with Gasteiger partial charge in [0.15, 0.2) is 6.61 Å². The van der Waals surface area contributed by atoms with Gasteiger partial charge in [0.05, 0.1) is 6.54 Å². The summed E-state index contributed by atoms with van der Waals surface area (Å²) in [7, 11) is 0. The van der Waals surface area contributed by atoms with Crippen molar-refractivity contribution in [3.63, 3.8) is 0 Å². The van der Waals surface area contributed by atoms with Gasteiger partial charge in [0.2, 0.25) is 17.6 Å². The number of benzene rings is 2. The smallest absolute Gasteiger partial charge is 0.260 e. The van der Waals surface area contributed by atoms with Crippen molar-refractivity contribution >= 4 is 23.4 Å². The number of nitrogens with two attached hydrogens (primary N) is 1. The SMILES string of the molecule is NC(=O)c1ccc(OCC(=O)N2CCN(Cc3nc(-c4ccc(Cl)cc4)no3)CC2)cc1. The number of primary amides is 1. The summed E-state index contributed by atoms with van der Waals surface area (Å²) in [5.41, 5.74) is 6.44. The molecule has 1 fully saturated rings. The molecule has 2 aromatic carbocycles. The van der Waals surface area contributed by atoms with E-state index in [9.17, 15) is 9.59 Å². The number of halogens is 1.